The van der Waals surface area contributed by atoms with Crippen LogP contribution in [0.1, 0.15) is 56.6 Å². The third-order valence-electron chi connectivity index (χ3n) is 5.81. The molecule has 2 atom stereocenters. The number of nitrogens with one attached hydrogen (secondary N) is 2. The van der Waals surface area contributed by atoms with Gasteiger partial charge in [-0.1, -0.05) is 25.0 Å². The fourth-order valence-corrected chi connectivity index (χ4v) is 4.33. The van der Waals surface area contributed by atoms with Gasteiger partial charge in [0.1, 0.15) is 5.75 Å². The smallest absolute Gasteiger partial charge is 0.230 e. The standard InChI is InChI=1S/C20H30N2O2.ClH/c1-14-6-7-16(13-18(14)24-3)20(9-4-5-10-20)19(23)22-17-8-11-21-15(2)12-17;/h6-7,13,15,17,21H,4-5,8-12H2,1-3H3,(H,22,23);1H. The zero-order chi connectivity index (χ0) is 17.2. The van der Waals surface area contributed by atoms with Gasteiger partial charge in [-0.15, -0.1) is 12.4 Å². The Balaban J connectivity index is 0.00000225. The molecule has 1 aromatic rings. The number of hydrogen-bond acceptors (Lipinski definition) is 3. The summed E-state index contributed by atoms with van der Waals surface area (Å²) in [5, 5.41) is 6.81. The third kappa shape index (κ3) is 4.12. The number of ether oxygens (including phenoxy) is 1. The van der Waals surface area contributed by atoms with Crippen molar-refractivity contribution in [1.29, 1.82) is 0 Å². The van der Waals surface area contributed by atoms with E-state index in [-0.39, 0.29) is 23.7 Å². The Labute approximate surface area is 157 Å². The lowest BCUT2D eigenvalue weighted by Gasteiger charge is -2.34. The first-order valence-electron chi connectivity index (χ1n) is 9.24. The Morgan fingerprint density at radius 3 is 2.68 bits per heavy atom. The molecule has 0 bridgehead atoms. The molecule has 1 aliphatic heterocycles. The Morgan fingerprint density at radius 1 is 1.32 bits per heavy atom. The van der Waals surface area contributed by atoms with Crippen LogP contribution in [0.3, 0.4) is 0 Å². The molecular formula is C20H31ClN2O2. The molecule has 2 aliphatic rings. The van der Waals surface area contributed by atoms with E-state index in [9.17, 15) is 4.79 Å². The molecule has 0 radical (unpaired) electrons. The van der Waals surface area contributed by atoms with Gasteiger partial charge in [-0.3, -0.25) is 4.79 Å². The van der Waals surface area contributed by atoms with Crippen LogP contribution in [0.2, 0.25) is 0 Å². The highest BCUT2D eigenvalue weighted by molar-refractivity contribution is 5.89. The van der Waals surface area contributed by atoms with Gasteiger partial charge in [0.15, 0.2) is 0 Å². The van der Waals surface area contributed by atoms with Crippen LogP contribution in [0, 0.1) is 6.92 Å². The van der Waals surface area contributed by atoms with E-state index >= 15 is 0 Å². The molecule has 25 heavy (non-hydrogen) atoms. The normalized spacial score (nSPS) is 25.1. The summed E-state index contributed by atoms with van der Waals surface area (Å²) >= 11 is 0. The lowest BCUT2D eigenvalue weighted by Crippen LogP contribution is -2.51. The Bertz CT molecular complexity index is 599. The van der Waals surface area contributed by atoms with Crippen molar-refractivity contribution in [2.24, 2.45) is 0 Å². The summed E-state index contributed by atoms with van der Waals surface area (Å²) in [4.78, 5) is 13.3. The van der Waals surface area contributed by atoms with Crippen LogP contribution in [0.15, 0.2) is 18.2 Å². The largest absolute Gasteiger partial charge is 0.496 e. The van der Waals surface area contributed by atoms with E-state index in [1.54, 1.807) is 7.11 Å². The van der Waals surface area contributed by atoms with Crippen LogP contribution in [0.25, 0.3) is 0 Å². The van der Waals surface area contributed by atoms with E-state index in [0.717, 1.165) is 61.9 Å². The van der Waals surface area contributed by atoms with Crippen LogP contribution in [0.4, 0.5) is 0 Å². The maximum atomic E-state index is 13.3. The molecule has 5 heteroatoms. The molecule has 1 saturated heterocycles. The number of aryl methyl sites for hydroxylation is 1. The molecule has 1 aromatic carbocycles. The third-order valence-corrected chi connectivity index (χ3v) is 5.81. The van der Waals surface area contributed by atoms with Gasteiger partial charge in [-0.05, 0) is 63.3 Å². The monoisotopic (exact) mass is 366 g/mol. The summed E-state index contributed by atoms with van der Waals surface area (Å²) in [6.07, 6.45) is 6.14. The molecule has 2 unspecified atom stereocenters. The quantitative estimate of drug-likeness (QED) is 0.857. The second-order valence-electron chi connectivity index (χ2n) is 7.52. The van der Waals surface area contributed by atoms with Crippen molar-refractivity contribution in [3.8, 4) is 5.75 Å². The molecule has 1 aliphatic carbocycles. The lowest BCUT2D eigenvalue weighted by atomic mass is 9.77. The minimum atomic E-state index is -0.380. The number of methoxy groups -OCH3 is 1. The highest BCUT2D eigenvalue weighted by Gasteiger charge is 2.43. The molecular weight excluding hydrogens is 336 g/mol. The summed E-state index contributed by atoms with van der Waals surface area (Å²) in [6, 6.07) is 7.04. The van der Waals surface area contributed by atoms with E-state index in [4.69, 9.17) is 4.74 Å². The fraction of sp³-hybridized carbons (Fsp3) is 0.650. The lowest BCUT2D eigenvalue weighted by molar-refractivity contribution is -0.127. The van der Waals surface area contributed by atoms with Crippen LogP contribution >= 0.6 is 12.4 Å². The second kappa shape index (κ2) is 8.41. The second-order valence-corrected chi connectivity index (χ2v) is 7.52. The zero-order valence-corrected chi connectivity index (χ0v) is 16.4. The molecule has 3 rings (SSSR count). The topological polar surface area (TPSA) is 50.4 Å². The molecule has 4 nitrogen and oxygen atoms in total. The SMILES string of the molecule is COc1cc(C2(C(=O)NC3CCNC(C)C3)CCCC2)ccc1C.Cl. The molecule has 0 aromatic heterocycles. The van der Waals surface area contributed by atoms with Crippen LogP contribution in [-0.4, -0.2) is 31.6 Å². The van der Waals surface area contributed by atoms with E-state index in [2.05, 4.69) is 35.8 Å². The number of benzene rings is 1. The van der Waals surface area contributed by atoms with Gasteiger partial charge in [0, 0.05) is 12.1 Å². The van der Waals surface area contributed by atoms with Crippen molar-refractivity contribution in [1.82, 2.24) is 10.6 Å². The van der Waals surface area contributed by atoms with Crippen LogP contribution < -0.4 is 15.4 Å². The molecule has 1 saturated carbocycles. The van der Waals surface area contributed by atoms with Crippen molar-refractivity contribution in [3.63, 3.8) is 0 Å². The average molecular weight is 367 g/mol. The van der Waals surface area contributed by atoms with Gasteiger partial charge in [0.25, 0.3) is 0 Å². The minimum Gasteiger partial charge on any atom is -0.496 e. The van der Waals surface area contributed by atoms with Gasteiger partial charge in [-0.2, -0.15) is 0 Å². The highest BCUT2D eigenvalue weighted by Crippen LogP contribution is 2.43. The molecule has 1 amide bonds. The summed E-state index contributed by atoms with van der Waals surface area (Å²) < 4.78 is 5.49. The summed E-state index contributed by atoms with van der Waals surface area (Å²) in [5.74, 6) is 1.09. The van der Waals surface area contributed by atoms with Crippen molar-refractivity contribution >= 4 is 18.3 Å². The molecule has 2 fully saturated rings. The molecule has 1 heterocycles. The number of piperidine rings is 1. The predicted molar refractivity (Wildman–Crippen MR) is 104 cm³/mol. The number of hydrogen-bond donors (Lipinski definition) is 2. The van der Waals surface area contributed by atoms with Crippen molar-refractivity contribution in [2.75, 3.05) is 13.7 Å². The summed E-state index contributed by atoms with van der Waals surface area (Å²) in [5.41, 5.74) is 1.85. The maximum absolute atomic E-state index is 13.3. The number of carbonyl (C=O) groups is 1. The van der Waals surface area contributed by atoms with Gasteiger partial charge in [0.05, 0.1) is 12.5 Å². The van der Waals surface area contributed by atoms with Gasteiger partial charge in [0.2, 0.25) is 5.91 Å². The first-order chi connectivity index (χ1) is 11.5. The predicted octanol–water partition coefficient (Wildman–Crippen LogP) is 3.49. The minimum absolute atomic E-state index is 0. The Morgan fingerprint density at radius 2 is 2.04 bits per heavy atom. The maximum Gasteiger partial charge on any atom is 0.230 e. The highest BCUT2D eigenvalue weighted by atomic mass is 35.5. The van der Waals surface area contributed by atoms with E-state index in [1.807, 2.05) is 6.92 Å². The van der Waals surface area contributed by atoms with Crippen molar-refractivity contribution < 1.29 is 9.53 Å². The van der Waals surface area contributed by atoms with E-state index in [0.29, 0.717) is 12.1 Å². The summed E-state index contributed by atoms with van der Waals surface area (Å²) in [6.45, 7) is 5.21. The zero-order valence-electron chi connectivity index (χ0n) is 15.6. The first-order valence-corrected chi connectivity index (χ1v) is 9.24. The van der Waals surface area contributed by atoms with Crippen LogP contribution in [-0.2, 0) is 10.2 Å². The average Bonchev–Trinajstić information content (AvgIpc) is 3.06. The number of carbonyl (C=O) groups excluding carboxylic acids is 1. The molecule has 140 valence electrons. The number of rotatable bonds is 4. The van der Waals surface area contributed by atoms with E-state index in [1.165, 1.54) is 0 Å². The van der Waals surface area contributed by atoms with Gasteiger partial charge in [-0.25, -0.2) is 0 Å². The summed E-state index contributed by atoms with van der Waals surface area (Å²) in [7, 11) is 1.70. The van der Waals surface area contributed by atoms with E-state index < -0.39 is 0 Å². The molecule has 2 N–H and O–H groups in total. The fourth-order valence-electron chi connectivity index (χ4n) is 4.33. The Kier molecular flexibility index (Phi) is 6.75. The number of amides is 1. The first kappa shape index (κ1) is 20.1. The Hall–Kier alpha value is -1.26. The van der Waals surface area contributed by atoms with Crippen molar-refractivity contribution in [3.05, 3.63) is 29.3 Å². The van der Waals surface area contributed by atoms with Crippen molar-refractivity contribution in [2.45, 2.75) is 69.9 Å². The van der Waals surface area contributed by atoms with Gasteiger partial charge < -0.3 is 15.4 Å². The number of halogens is 1. The van der Waals surface area contributed by atoms with Crippen LogP contribution in [0.5, 0.6) is 5.75 Å². The van der Waals surface area contributed by atoms with Gasteiger partial charge >= 0.3 is 0 Å². The molecule has 0 spiro atoms.